The molecule has 14 heavy (non-hydrogen) atoms. The lowest BCUT2D eigenvalue weighted by Gasteiger charge is -2.22. The summed E-state index contributed by atoms with van der Waals surface area (Å²) in [5, 5.41) is 0. The summed E-state index contributed by atoms with van der Waals surface area (Å²) >= 11 is 0. The highest BCUT2D eigenvalue weighted by atomic mass is 16.2. The fourth-order valence-electron chi connectivity index (χ4n) is 0.948. The average molecular weight is 194 g/mol. The van der Waals surface area contributed by atoms with Gasteiger partial charge in [-0.15, -0.1) is 0 Å². The van der Waals surface area contributed by atoms with E-state index in [2.05, 4.69) is 9.97 Å². The standard InChI is InChI=1S/C9H14N4O/c1-7(5-10)13(2)9(14)8-6-11-3-4-12-8/h3-4,6-7H,5,10H2,1-2H3. The van der Waals surface area contributed by atoms with Crippen LogP contribution in [0.25, 0.3) is 0 Å². The van der Waals surface area contributed by atoms with Gasteiger partial charge in [0, 0.05) is 32.0 Å². The highest BCUT2D eigenvalue weighted by Crippen LogP contribution is 2.01. The summed E-state index contributed by atoms with van der Waals surface area (Å²) in [6.45, 7) is 2.32. The van der Waals surface area contributed by atoms with E-state index in [9.17, 15) is 4.79 Å². The molecule has 0 bridgehead atoms. The molecule has 0 saturated heterocycles. The number of carbonyl (C=O) groups is 1. The second-order valence-corrected chi connectivity index (χ2v) is 3.09. The molecule has 0 aromatic carbocycles. The van der Waals surface area contributed by atoms with Crippen molar-refractivity contribution in [3.8, 4) is 0 Å². The molecule has 5 nitrogen and oxygen atoms in total. The average Bonchev–Trinajstić information content (AvgIpc) is 2.27. The number of hydrogen-bond donors (Lipinski definition) is 1. The van der Waals surface area contributed by atoms with Gasteiger partial charge in [-0.3, -0.25) is 9.78 Å². The van der Waals surface area contributed by atoms with Gasteiger partial charge in [-0.05, 0) is 6.92 Å². The molecule has 0 aliphatic carbocycles. The van der Waals surface area contributed by atoms with Crippen molar-refractivity contribution in [1.29, 1.82) is 0 Å². The van der Waals surface area contributed by atoms with Crippen LogP contribution in [-0.2, 0) is 0 Å². The van der Waals surface area contributed by atoms with E-state index in [0.717, 1.165) is 0 Å². The van der Waals surface area contributed by atoms with Gasteiger partial charge in [-0.2, -0.15) is 0 Å². The Hall–Kier alpha value is -1.49. The van der Waals surface area contributed by atoms with E-state index in [-0.39, 0.29) is 11.9 Å². The number of nitrogens with zero attached hydrogens (tertiary/aromatic N) is 3. The Kier molecular flexibility index (Phi) is 3.53. The van der Waals surface area contributed by atoms with E-state index in [1.54, 1.807) is 11.9 Å². The Bertz CT molecular complexity index is 301. The lowest BCUT2D eigenvalue weighted by Crippen LogP contribution is -2.40. The zero-order valence-electron chi connectivity index (χ0n) is 8.34. The van der Waals surface area contributed by atoms with E-state index < -0.39 is 0 Å². The molecule has 0 saturated carbocycles. The van der Waals surface area contributed by atoms with Crippen molar-refractivity contribution >= 4 is 5.91 Å². The van der Waals surface area contributed by atoms with Gasteiger partial charge in [0.15, 0.2) is 0 Å². The van der Waals surface area contributed by atoms with E-state index in [0.29, 0.717) is 12.2 Å². The second-order valence-electron chi connectivity index (χ2n) is 3.09. The van der Waals surface area contributed by atoms with Gasteiger partial charge < -0.3 is 10.6 Å². The quantitative estimate of drug-likeness (QED) is 0.729. The van der Waals surface area contributed by atoms with E-state index in [1.165, 1.54) is 18.6 Å². The summed E-state index contributed by atoms with van der Waals surface area (Å²) in [6, 6.07) is 0.00417. The third kappa shape index (κ3) is 2.26. The first kappa shape index (κ1) is 10.6. The van der Waals surface area contributed by atoms with Crippen molar-refractivity contribution < 1.29 is 4.79 Å². The Morgan fingerprint density at radius 2 is 2.36 bits per heavy atom. The summed E-state index contributed by atoms with van der Waals surface area (Å²) in [4.78, 5) is 21.0. The van der Waals surface area contributed by atoms with Crippen LogP contribution in [0.2, 0.25) is 0 Å². The summed E-state index contributed by atoms with van der Waals surface area (Å²) in [5.41, 5.74) is 5.80. The first-order valence-corrected chi connectivity index (χ1v) is 4.40. The normalized spacial score (nSPS) is 12.2. The maximum atomic E-state index is 11.7. The second kappa shape index (κ2) is 4.66. The molecule has 1 atom stereocenters. The van der Waals surface area contributed by atoms with Crippen LogP contribution in [0.1, 0.15) is 17.4 Å². The highest BCUT2D eigenvalue weighted by molar-refractivity contribution is 5.91. The lowest BCUT2D eigenvalue weighted by atomic mass is 10.3. The number of aromatic nitrogens is 2. The molecule has 0 spiro atoms. The number of carbonyl (C=O) groups excluding carboxylic acids is 1. The fraction of sp³-hybridized carbons (Fsp3) is 0.444. The largest absolute Gasteiger partial charge is 0.336 e. The monoisotopic (exact) mass is 194 g/mol. The molecule has 5 heteroatoms. The van der Waals surface area contributed by atoms with E-state index in [1.807, 2.05) is 6.92 Å². The maximum absolute atomic E-state index is 11.7. The summed E-state index contributed by atoms with van der Waals surface area (Å²) in [5.74, 6) is -0.156. The van der Waals surface area contributed by atoms with Crippen LogP contribution in [0.5, 0.6) is 0 Å². The van der Waals surface area contributed by atoms with E-state index >= 15 is 0 Å². The molecule has 76 valence electrons. The maximum Gasteiger partial charge on any atom is 0.274 e. The van der Waals surface area contributed by atoms with Crippen LogP contribution < -0.4 is 5.73 Å². The SMILES string of the molecule is CC(CN)N(C)C(=O)c1cnccn1. The van der Waals surface area contributed by atoms with Crippen molar-refractivity contribution in [2.24, 2.45) is 5.73 Å². The topological polar surface area (TPSA) is 72.1 Å². The van der Waals surface area contributed by atoms with Crippen molar-refractivity contribution in [3.63, 3.8) is 0 Å². The van der Waals surface area contributed by atoms with Gasteiger partial charge in [0.05, 0.1) is 6.20 Å². The van der Waals surface area contributed by atoms with E-state index in [4.69, 9.17) is 5.73 Å². The molecular weight excluding hydrogens is 180 g/mol. The van der Waals surface area contributed by atoms with Crippen molar-refractivity contribution in [2.75, 3.05) is 13.6 Å². The summed E-state index contributed by atoms with van der Waals surface area (Å²) in [7, 11) is 1.70. The Balaban J connectivity index is 2.76. The van der Waals surface area contributed by atoms with Gasteiger partial charge >= 0.3 is 0 Å². The molecule has 1 aromatic heterocycles. The molecule has 0 aliphatic rings. The first-order chi connectivity index (χ1) is 6.66. The number of hydrogen-bond acceptors (Lipinski definition) is 4. The molecule has 1 heterocycles. The van der Waals surface area contributed by atoms with Crippen LogP contribution in [-0.4, -0.2) is 40.4 Å². The van der Waals surface area contributed by atoms with Gasteiger partial charge in [0.25, 0.3) is 5.91 Å². The molecule has 0 radical (unpaired) electrons. The van der Waals surface area contributed by atoms with Crippen molar-refractivity contribution in [1.82, 2.24) is 14.9 Å². The van der Waals surface area contributed by atoms with Gasteiger partial charge in [-0.1, -0.05) is 0 Å². The Morgan fingerprint density at radius 1 is 1.64 bits per heavy atom. The zero-order valence-corrected chi connectivity index (χ0v) is 8.34. The minimum atomic E-state index is -0.156. The summed E-state index contributed by atoms with van der Waals surface area (Å²) in [6.07, 6.45) is 4.47. The highest BCUT2D eigenvalue weighted by Gasteiger charge is 2.17. The molecule has 0 fully saturated rings. The Morgan fingerprint density at radius 3 is 2.86 bits per heavy atom. The smallest absolute Gasteiger partial charge is 0.274 e. The molecule has 2 N–H and O–H groups in total. The third-order valence-electron chi connectivity index (χ3n) is 2.10. The van der Waals surface area contributed by atoms with Crippen LogP contribution in [0.3, 0.4) is 0 Å². The molecule has 1 aromatic rings. The number of amides is 1. The molecule has 1 rings (SSSR count). The minimum Gasteiger partial charge on any atom is -0.336 e. The molecule has 1 amide bonds. The summed E-state index contributed by atoms with van der Waals surface area (Å²) < 4.78 is 0. The van der Waals surface area contributed by atoms with Crippen LogP contribution in [0, 0.1) is 0 Å². The van der Waals surface area contributed by atoms with Gasteiger partial charge in [-0.25, -0.2) is 4.98 Å². The number of rotatable bonds is 3. The first-order valence-electron chi connectivity index (χ1n) is 4.40. The number of likely N-dealkylation sites (N-methyl/N-ethyl adjacent to an activating group) is 1. The molecule has 0 aliphatic heterocycles. The lowest BCUT2D eigenvalue weighted by molar-refractivity contribution is 0.0742. The molecule has 1 unspecified atom stereocenters. The van der Waals surface area contributed by atoms with Crippen molar-refractivity contribution in [2.45, 2.75) is 13.0 Å². The fourth-order valence-corrected chi connectivity index (χ4v) is 0.948. The predicted molar refractivity (Wildman–Crippen MR) is 52.6 cm³/mol. The third-order valence-corrected chi connectivity index (χ3v) is 2.10. The minimum absolute atomic E-state index is 0.00417. The van der Waals surface area contributed by atoms with Crippen molar-refractivity contribution in [3.05, 3.63) is 24.3 Å². The van der Waals surface area contributed by atoms with Crippen LogP contribution in [0.15, 0.2) is 18.6 Å². The molecular formula is C9H14N4O. The van der Waals surface area contributed by atoms with Crippen LogP contribution >= 0.6 is 0 Å². The predicted octanol–water partition coefficient (Wildman–Crippen LogP) is -0.104. The van der Waals surface area contributed by atoms with Gasteiger partial charge in [0.2, 0.25) is 0 Å². The van der Waals surface area contributed by atoms with Gasteiger partial charge in [0.1, 0.15) is 5.69 Å². The number of nitrogens with two attached hydrogens (primary N) is 1. The zero-order chi connectivity index (χ0) is 10.6. The van der Waals surface area contributed by atoms with Crippen LogP contribution in [0.4, 0.5) is 0 Å². The Labute approximate surface area is 83.0 Å².